The lowest BCUT2D eigenvalue weighted by atomic mass is 10.00. The van der Waals surface area contributed by atoms with Gasteiger partial charge in [-0.05, 0) is 43.7 Å². The van der Waals surface area contributed by atoms with E-state index in [0.29, 0.717) is 17.4 Å². The van der Waals surface area contributed by atoms with Gasteiger partial charge in [-0.15, -0.1) is 0 Å². The normalized spacial score (nSPS) is 20.4. The first-order chi connectivity index (χ1) is 9.08. The van der Waals surface area contributed by atoms with Crippen molar-refractivity contribution in [3.8, 4) is 0 Å². The smallest absolute Gasteiger partial charge is 0.240 e. The molecule has 2 fully saturated rings. The summed E-state index contributed by atoms with van der Waals surface area (Å²) in [4.78, 5) is 2.56. The number of nitrogens with two attached hydrogens (primary N) is 1. The van der Waals surface area contributed by atoms with E-state index in [9.17, 15) is 8.42 Å². The fourth-order valence-corrected chi connectivity index (χ4v) is 3.56. The Morgan fingerprint density at radius 1 is 1.21 bits per heavy atom. The Bertz CT molecular complexity index is 546. The van der Waals surface area contributed by atoms with Crippen LogP contribution in [0.15, 0.2) is 29.2 Å². The number of nitrogens with one attached hydrogen (secondary N) is 1. The van der Waals surface area contributed by atoms with E-state index in [4.69, 9.17) is 5.73 Å². The van der Waals surface area contributed by atoms with Gasteiger partial charge in [0, 0.05) is 30.7 Å². The summed E-state index contributed by atoms with van der Waals surface area (Å²) in [5.74, 6) is 0.569. The van der Waals surface area contributed by atoms with Crippen molar-refractivity contribution in [1.82, 2.24) is 4.72 Å². The van der Waals surface area contributed by atoms with Gasteiger partial charge in [-0.1, -0.05) is 0 Å². The van der Waals surface area contributed by atoms with Crippen molar-refractivity contribution in [2.75, 3.05) is 24.5 Å². The van der Waals surface area contributed by atoms with Crippen LogP contribution in [0.4, 0.5) is 5.69 Å². The van der Waals surface area contributed by atoms with Crippen LogP contribution in [-0.2, 0) is 10.0 Å². The van der Waals surface area contributed by atoms with Crippen LogP contribution in [0.1, 0.15) is 12.8 Å². The molecule has 2 aliphatic rings. The van der Waals surface area contributed by atoms with Crippen molar-refractivity contribution in [2.24, 2.45) is 11.7 Å². The van der Waals surface area contributed by atoms with E-state index in [1.165, 1.54) is 0 Å². The first-order valence-electron chi connectivity index (χ1n) is 6.66. The second kappa shape index (κ2) is 4.77. The van der Waals surface area contributed by atoms with Crippen molar-refractivity contribution >= 4 is 15.7 Å². The third-order valence-corrected chi connectivity index (χ3v) is 5.24. The highest BCUT2D eigenvalue weighted by molar-refractivity contribution is 7.89. The number of nitrogens with zero attached hydrogens (tertiary/aromatic N) is 1. The minimum atomic E-state index is -3.33. The van der Waals surface area contributed by atoms with Gasteiger partial charge in [0.25, 0.3) is 0 Å². The maximum Gasteiger partial charge on any atom is 0.240 e. The summed E-state index contributed by atoms with van der Waals surface area (Å²) < 4.78 is 26.7. The van der Waals surface area contributed by atoms with Gasteiger partial charge in [0.15, 0.2) is 0 Å². The number of sulfonamides is 1. The van der Waals surface area contributed by atoms with Crippen molar-refractivity contribution in [3.63, 3.8) is 0 Å². The molecule has 1 saturated heterocycles. The van der Waals surface area contributed by atoms with Crippen LogP contribution in [0.3, 0.4) is 0 Å². The van der Waals surface area contributed by atoms with Crippen LogP contribution >= 0.6 is 0 Å². The Balaban J connectivity index is 1.68. The molecule has 0 unspecified atom stereocenters. The lowest BCUT2D eigenvalue weighted by Gasteiger charge is -2.40. The lowest BCUT2D eigenvalue weighted by Crippen LogP contribution is -2.49. The van der Waals surface area contributed by atoms with Crippen LogP contribution in [0.25, 0.3) is 0 Å². The molecule has 3 rings (SSSR count). The maximum absolute atomic E-state index is 12.0. The summed E-state index contributed by atoms with van der Waals surface area (Å²) in [5, 5.41) is 0. The minimum absolute atomic E-state index is 0.144. The molecule has 5 nitrogen and oxygen atoms in total. The third-order valence-electron chi connectivity index (χ3n) is 3.70. The SMILES string of the molecule is NCC1CN(c2ccc(S(=O)(=O)NC3CC3)cc2)C1. The summed E-state index contributed by atoms with van der Waals surface area (Å²) in [7, 11) is -3.33. The van der Waals surface area contributed by atoms with Crippen LogP contribution in [0.2, 0.25) is 0 Å². The highest BCUT2D eigenvalue weighted by Crippen LogP contribution is 2.26. The van der Waals surface area contributed by atoms with Gasteiger partial charge in [-0.3, -0.25) is 0 Å². The zero-order chi connectivity index (χ0) is 13.5. The third kappa shape index (κ3) is 2.75. The first kappa shape index (κ1) is 12.9. The number of anilines is 1. The molecule has 1 aliphatic carbocycles. The maximum atomic E-state index is 12.0. The highest BCUT2D eigenvalue weighted by Gasteiger charge is 2.29. The number of rotatable bonds is 5. The molecule has 0 amide bonds. The summed E-state index contributed by atoms with van der Waals surface area (Å²) >= 11 is 0. The molecule has 1 heterocycles. The predicted octanol–water partition coefficient (Wildman–Crippen LogP) is 0.522. The molecular weight excluding hydrogens is 262 g/mol. The van der Waals surface area contributed by atoms with E-state index in [1.54, 1.807) is 12.1 Å². The molecule has 0 bridgehead atoms. The van der Waals surface area contributed by atoms with Crippen molar-refractivity contribution < 1.29 is 8.42 Å². The molecule has 0 atom stereocenters. The van der Waals surface area contributed by atoms with Gasteiger partial charge in [-0.25, -0.2) is 13.1 Å². The molecular formula is C13H19N3O2S. The summed E-state index contributed by atoms with van der Waals surface area (Å²) in [5.41, 5.74) is 6.66. The molecule has 0 spiro atoms. The Morgan fingerprint density at radius 3 is 2.37 bits per heavy atom. The molecule has 19 heavy (non-hydrogen) atoms. The van der Waals surface area contributed by atoms with Gasteiger partial charge < -0.3 is 10.6 Å². The lowest BCUT2D eigenvalue weighted by molar-refractivity contribution is 0.420. The molecule has 3 N–H and O–H groups in total. The summed E-state index contributed by atoms with van der Waals surface area (Å²) in [6.07, 6.45) is 1.90. The van der Waals surface area contributed by atoms with Crippen LogP contribution in [0, 0.1) is 5.92 Å². The largest absolute Gasteiger partial charge is 0.371 e. The monoisotopic (exact) mass is 281 g/mol. The van der Waals surface area contributed by atoms with Crippen LogP contribution < -0.4 is 15.4 Å². The van der Waals surface area contributed by atoms with Crippen molar-refractivity contribution in [1.29, 1.82) is 0 Å². The van der Waals surface area contributed by atoms with Crippen molar-refractivity contribution in [3.05, 3.63) is 24.3 Å². The van der Waals surface area contributed by atoms with E-state index in [1.807, 2.05) is 12.1 Å². The Hall–Kier alpha value is -1.11. The molecule has 0 aromatic heterocycles. The summed E-state index contributed by atoms with van der Waals surface area (Å²) in [6, 6.07) is 7.24. The molecule has 0 radical (unpaired) electrons. The van der Waals surface area contributed by atoms with E-state index in [0.717, 1.165) is 31.6 Å². The molecule has 1 aromatic carbocycles. The van der Waals surface area contributed by atoms with Gasteiger partial charge >= 0.3 is 0 Å². The second-order valence-electron chi connectivity index (χ2n) is 5.40. The van der Waals surface area contributed by atoms with E-state index < -0.39 is 10.0 Å². The zero-order valence-electron chi connectivity index (χ0n) is 10.7. The molecule has 6 heteroatoms. The van der Waals surface area contributed by atoms with Crippen LogP contribution in [0.5, 0.6) is 0 Å². The predicted molar refractivity (Wildman–Crippen MR) is 74.5 cm³/mol. The number of benzene rings is 1. The Morgan fingerprint density at radius 2 is 1.84 bits per heavy atom. The molecule has 1 saturated carbocycles. The highest BCUT2D eigenvalue weighted by atomic mass is 32.2. The number of hydrogen-bond donors (Lipinski definition) is 2. The quantitative estimate of drug-likeness (QED) is 0.825. The van der Waals surface area contributed by atoms with E-state index >= 15 is 0 Å². The molecule has 104 valence electrons. The second-order valence-corrected chi connectivity index (χ2v) is 7.11. The first-order valence-corrected chi connectivity index (χ1v) is 8.14. The standard InChI is InChI=1S/C13H19N3O2S/c14-7-10-8-16(9-10)12-3-5-13(6-4-12)19(17,18)15-11-1-2-11/h3-6,10-11,15H,1-2,7-9,14H2. The van der Waals surface area contributed by atoms with Gasteiger partial charge in [0.2, 0.25) is 10.0 Å². The average molecular weight is 281 g/mol. The summed E-state index contributed by atoms with van der Waals surface area (Å²) in [6.45, 7) is 2.64. The Labute approximate surface area is 113 Å². The Kier molecular flexibility index (Phi) is 3.24. The zero-order valence-corrected chi connectivity index (χ0v) is 11.6. The fraction of sp³-hybridized carbons (Fsp3) is 0.538. The molecule has 1 aliphatic heterocycles. The van der Waals surface area contributed by atoms with Gasteiger partial charge in [-0.2, -0.15) is 0 Å². The topological polar surface area (TPSA) is 75.4 Å². The van der Waals surface area contributed by atoms with E-state index in [2.05, 4.69) is 9.62 Å². The number of hydrogen-bond acceptors (Lipinski definition) is 4. The molecule has 1 aromatic rings. The van der Waals surface area contributed by atoms with Gasteiger partial charge in [0.05, 0.1) is 4.90 Å². The minimum Gasteiger partial charge on any atom is -0.371 e. The van der Waals surface area contributed by atoms with Crippen LogP contribution in [-0.4, -0.2) is 34.1 Å². The van der Waals surface area contributed by atoms with Crippen molar-refractivity contribution in [2.45, 2.75) is 23.8 Å². The van der Waals surface area contributed by atoms with Gasteiger partial charge in [0.1, 0.15) is 0 Å². The van der Waals surface area contributed by atoms with E-state index in [-0.39, 0.29) is 6.04 Å². The average Bonchev–Trinajstić information content (AvgIpc) is 3.12. The fourth-order valence-electron chi connectivity index (χ4n) is 2.25.